The zero-order valence-electron chi connectivity index (χ0n) is 11.3. The zero-order chi connectivity index (χ0) is 13.1. The topological polar surface area (TPSA) is 55.8 Å². The maximum Gasteiger partial charge on any atom is 0.335 e. The van der Waals surface area contributed by atoms with E-state index in [9.17, 15) is 4.79 Å². The number of hydrogen-bond acceptors (Lipinski definition) is 3. The lowest BCUT2D eigenvalue weighted by molar-refractivity contribution is -0.157. The molecule has 1 N–H and O–H groups in total. The van der Waals surface area contributed by atoms with Crippen LogP contribution in [0.1, 0.15) is 52.4 Å². The van der Waals surface area contributed by atoms with Gasteiger partial charge in [-0.3, -0.25) is 0 Å². The van der Waals surface area contributed by atoms with Crippen molar-refractivity contribution in [3.05, 3.63) is 0 Å². The van der Waals surface area contributed by atoms with Crippen LogP contribution in [0.4, 0.5) is 0 Å². The Morgan fingerprint density at radius 2 is 1.76 bits per heavy atom. The van der Waals surface area contributed by atoms with Crippen LogP contribution < -0.4 is 0 Å². The van der Waals surface area contributed by atoms with Crippen molar-refractivity contribution in [1.82, 2.24) is 0 Å². The number of carboxylic acids is 1. The fraction of sp³-hybridized carbons (Fsp3) is 0.923. The molecule has 0 aromatic rings. The molecule has 0 saturated carbocycles. The fourth-order valence-electron chi connectivity index (χ4n) is 1.73. The molecule has 0 aromatic heterocycles. The van der Waals surface area contributed by atoms with Crippen molar-refractivity contribution in [3.63, 3.8) is 0 Å². The first-order valence-corrected chi connectivity index (χ1v) is 6.50. The number of ether oxygens (including phenoxy) is 2. The van der Waals surface area contributed by atoms with Gasteiger partial charge in [0.2, 0.25) is 0 Å². The largest absolute Gasteiger partial charge is 0.479 e. The third-order valence-electron chi connectivity index (χ3n) is 2.80. The van der Waals surface area contributed by atoms with Gasteiger partial charge in [-0.25, -0.2) is 4.79 Å². The van der Waals surface area contributed by atoms with Gasteiger partial charge >= 0.3 is 5.97 Å². The molecule has 0 heterocycles. The molecule has 0 saturated heterocycles. The van der Waals surface area contributed by atoms with E-state index in [2.05, 4.69) is 6.92 Å². The van der Waals surface area contributed by atoms with Crippen molar-refractivity contribution in [2.24, 2.45) is 0 Å². The fourth-order valence-corrected chi connectivity index (χ4v) is 1.73. The summed E-state index contributed by atoms with van der Waals surface area (Å²) in [6, 6.07) is 0. The van der Waals surface area contributed by atoms with Crippen LogP contribution in [0.15, 0.2) is 0 Å². The summed E-state index contributed by atoms with van der Waals surface area (Å²) in [4.78, 5) is 10.8. The molecule has 0 fully saturated rings. The van der Waals surface area contributed by atoms with E-state index in [0.29, 0.717) is 6.61 Å². The van der Waals surface area contributed by atoms with Crippen molar-refractivity contribution in [2.45, 2.75) is 64.6 Å². The predicted molar refractivity (Wildman–Crippen MR) is 67.2 cm³/mol. The quantitative estimate of drug-likeness (QED) is 0.569. The van der Waals surface area contributed by atoms with Gasteiger partial charge in [0.1, 0.15) is 0 Å². The van der Waals surface area contributed by atoms with Gasteiger partial charge in [0.25, 0.3) is 0 Å². The lowest BCUT2D eigenvalue weighted by Crippen LogP contribution is -2.35. The summed E-state index contributed by atoms with van der Waals surface area (Å²) in [6.45, 7) is 4.54. The normalized spacial score (nSPS) is 14.5. The van der Waals surface area contributed by atoms with Crippen LogP contribution in [0.3, 0.4) is 0 Å². The highest BCUT2D eigenvalue weighted by molar-refractivity contribution is 5.73. The summed E-state index contributed by atoms with van der Waals surface area (Å²) in [5.74, 6) is -0.969. The molecular formula is C13H26O4. The van der Waals surface area contributed by atoms with Crippen molar-refractivity contribution in [2.75, 3.05) is 13.7 Å². The van der Waals surface area contributed by atoms with Gasteiger partial charge < -0.3 is 14.6 Å². The van der Waals surface area contributed by atoms with Gasteiger partial charge in [0.15, 0.2) is 6.10 Å². The van der Waals surface area contributed by atoms with Gasteiger partial charge in [-0.1, -0.05) is 39.0 Å². The number of methoxy groups -OCH3 is 1. The van der Waals surface area contributed by atoms with Crippen molar-refractivity contribution in [3.8, 4) is 0 Å². The molecule has 0 aliphatic carbocycles. The van der Waals surface area contributed by atoms with Gasteiger partial charge in [0, 0.05) is 13.7 Å². The maximum absolute atomic E-state index is 10.8. The minimum absolute atomic E-state index is 0.395. The van der Waals surface area contributed by atoms with E-state index in [4.69, 9.17) is 14.6 Å². The first kappa shape index (κ1) is 16.4. The Morgan fingerprint density at radius 3 is 2.29 bits per heavy atom. The molecule has 17 heavy (non-hydrogen) atoms. The number of carbonyl (C=O) groups is 1. The zero-order valence-corrected chi connectivity index (χ0v) is 11.3. The highest BCUT2D eigenvalue weighted by atomic mass is 16.5. The van der Waals surface area contributed by atoms with E-state index in [0.717, 1.165) is 12.8 Å². The molecule has 2 atom stereocenters. The first-order chi connectivity index (χ1) is 8.13. The second-order valence-electron chi connectivity index (χ2n) is 4.34. The third kappa shape index (κ3) is 8.16. The van der Waals surface area contributed by atoms with E-state index < -0.39 is 18.2 Å². The van der Waals surface area contributed by atoms with E-state index in [-0.39, 0.29) is 0 Å². The van der Waals surface area contributed by atoms with Crippen LogP contribution >= 0.6 is 0 Å². The van der Waals surface area contributed by atoms with Crippen molar-refractivity contribution >= 4 is 5.97 Å². The molecule has 0 amide bonds. The van der Waals surface area contributed by atoms with Gasteiger partial charge in [0.05, 0.1) is 6.10 Å². The van der Waals surface area contributed by atoms with Crippen LogP contribution in [0.5, 0.6) is 0 Å². The SMILES string of the molecule is CCCCCCCCOC(C)C(OC)C(=O)O. The lowest BCUT2D eigenvalue weighted by Gasteiger charge is -2.19. The second kappa shape index (κ2) is 10.5. The summed E-state index contributed by atoms with van der Waals surface area (Å²) in [7, 11) is 1.39. The smallest absolute Gasteiger partial charge is 0.335 e. The number of hydrogen-bond donors (Lipinski definition) is 1. The standard InChI is InChI=1S/C13H26O4/c1-4-5-6-7-8-9-10-17-11(2)12(16-3)13(14)15/h11-12H,4-10H2,1-3H3,(H,14,15). The highest BCUT2D eigenvalue weighted by Gasteiger charge is 2.24. The molecule has 0 aromatic carbocycles. The first-order valence-electron chi connectivity index (χ1n) is 6.50. The van der Waals surface area contributed by atoms with Crippen LogP contribution in [0, 0.1) is 0 Å². The second-order valence-corrected chi connectivity index (χ2v) is 4.34. The van der Waals surface area contributed by atoms with Crippen LogP contribution in [-0.4, -0.2) is 37.0 Å². The van der Waals surface area contributed by atoms with Crippen molar-refractivity contribution in [1.29, 1.82) is 0 Å². The Morgan fingerprint density at radius 1 is 1.18 bits per heavy atom. The maximum atomic E-state index is 10.8. The van der Waals surface area contributed by atoms with E-state index >= 15 is 0 Å². The average molecular weight is 246 g/mol. The highest BCUT2D eigenvalue weighted by Crippen LogP contribution is 2.08. The molecule has 0 bridgehead atoms. The molecule has 0 aliphatic heterocycles. The monoisotopic (exact) mass is 246 g/mol. The minimum Gasteiger partial charge on any atom is -0.479 e. The Hall–Kier alpha value is -0.610. The summed E-state index contributed by atoms with van der Waals surface area (Å²) in [5.41, 5.74) is 0. The van der Waals surface area contributed by atoms with E-state index in [1.807, 2.05) is 0 Å². The molecule has 0 spiro atoms. The van der Waals surface area contributed by atoms with Crippen LogP contribution in [-0.2, 0) is 14.3 Å². The molecule has 0 rings (SSSR count). The Kier molecular flexibility index (Phi) is 10.2. The van der Waals surface area contributed by atoms with Gasteiger partial charge in [-0.15, -0.1) is 0 Å². The van der Waals surface area contributed by atoms with Crippen LogP contribution in [0.25, 0.3) is 0 Å². The summed E-state index contributed by atoms with van der Waals surface area (Å²) >= 11 is 0. The average Bonchev–Trinajstić information content (AvgIpc) is 2.28. The summed E-state index contributed by atoms with van der Waals surface area (Å²) in [6.07, 6.45) is 5.94. The third-order valence-corrected chi connectivity index (χ3v) is 2.80. The molecule has 2 unspecified atom stereocenters. The minimum atomic E-state index is -0.969. The number of rotatable bonds is 11. The van der Waals surface area contributed by atoms with Gasteiger partial charge in [-0.05, 0) is 13.3 Å². The number of carboxylic acid groups (broad SMARTS) is 1. The Balaban J connectivity index is 3.50. The van der Waals surface area contributed by atoms with Crippen molar-refractivity contribution < 1.29 is 19.4 Å². The van der Waals surface area contributed by atoms with E-state index in [1.165, 1.54) is 32.8 Å². The Labute approximate surface area is 104 Å². The number of aliphatic carboxylic acids is 1. The molecule has 0 aliphatic rings. The molecule has 0 radical (unpaired) electrons. The van der Waals surface area contributed by atoms with Gasteiger partial charge in [-0.2, -0.15) is 0 Å². The summed E-state index contributed by atoms with van der Waals surface area (Å²) < 4.78 is 10.3. The molecular weight excluding hydrogens is 220 g/mol. The van der Waals surface area contributed by atoms with E-state index in [1.54, 1.807) is 6.92 Å². The summed E-state index contributed by atoms with van der Waals surface area (Å²) in [5, 5.41) is 8.84. The number of unbranched alkanes of at least 4 members (excludes halogenated alkanes) is 5. The lowest BCUT2D eigenvalue weighted by atomic mass is 10.1. The Bertz CT molecular complexity index is 194. The molecule has 4 heteroatoms. The van der Waals surface area contributed by atoms with Crippen LogP contribution in [0.2, 0.25) is 0 Å². The molecule has 4 nitrogen and oxygen atoms in total. The molecule has 102 valence electrons. The predicted octanol–water partition coefficient (Wildman–Crippen LogP) is 2.85.